The van der Waals surface area contributed by atoms with Crippen molar-refractivity contribution in [1.82, 2.24) is 13.7 Å². The maximum Gasteiger partial charge on any atom is 0.0530 e. The Morgan fingerprint density at radius 3 is 1.16 bits per heavy atom. The van der Waals surface area contributed by atoms with Crippen molar-refractivity contribution in [2.45, 2.75) is 0 Å². The first-order chi connectivity index (χ1) is 9.18. The van der Waals surface area contributed by atoms with Gasteiger partial charge in [-0.15, -0.1) is 0 Å². The molecule has 0 saturated carbocycles. The topological polar surface area (TPSA) is 14.8 Å². The molecule has 0 N–H and O–H groups in total. The van der Waals surface area contributed by atoms with Crippen LogP contribution in [-0.2, 0) is 21.1 Å². The smallest absolute Gasteiger partial charge is 0.0530 e. The van der Waals surface area contributed by atoms with E-state index in [-0.39, 0.29) is 0 Å². The summed E-state index contributed by atoms with van der Waals surface area (Å²) in [6.07, 6.45) is 6.36. The number of aromatic nitrogens is 3. The average Bonchev–Trinajstić information content (AvgIpc) is 3.07. The maximum atomic E-state index is 2.23. The predicted octanol–water partition coefficient (Wildman–Crippen LogP) is 1.46. The van der Waals surface area contributed by atoms with Crippen LogP contribution in [0.2, 0.25) is 0 Å². The van der Waals surface area contributed by atoms with Gasteiger partial charge in [-0.3, -0.25) is 0 Å². The second kappa shape index (κ2) is 4.75. The van der Waals surface area contributed by atoms with Crippen molar-refractivity contribution in [3.05, 3.63) is 55.0 Å². The van der Waals surface area contributed by atoms with Crippen LogP contribution < -0.4 is 16.3 Å². The van der Waals surface area contributed by atoms with Gasteiger partial charge in [-0.05, 0) is 36.4 Å². The minimum Gasteiger partial charge on any atom is -0.350 e. The number of rotatable bonds is 3. The van der Waals surface area contributed by atoms with Gasteiger partial charge in [0.05, 0.1) is 16.3 Å². The fourth-order valence-electron chi connectivity index (χ4n) is 2.41. The first-order valence-corrected chi connectivity index (χ1v) is 7.67. The Labute approximate surface area is 114 Å². The molecule has 0 aliphatic heterocycles. The van der Waals surface area contributed by atoms with Crippen LogP contribution in [0.1, 0.15) is 0 Å². The van der Waals surface area contributed by atoms with Crippen LogP contribution in [0.5, 0.6) is 0 Å². The minimum atomic E-state index is -0.508. The summed E-state index contributed by atoms with van der Waals surface area (Å²) >= 11 is 0. The summed E-state index contributed by atoms with van der Waals surface area (Å²) in [5.41, 5.74) is 4.12. The fraction of sp³-hybridized carbons (Fsp3) is 0.200. The molecule has 19 heavy (non-hydrogen) atoms. The van der Waals surface area contributed by atoms with Gasteiger partial charge in [0, 0.05) is 47.7 Å². The molecule has 3 heterocycles. The zero-order chi connectivity index (χ0) is 13.4. The van der Waals surface area contributed by atoms with Gasteiger partial charge < -0.3 is 13.7 Å². The Kier molecular flexibility index (Phi) is 3.08. The Hall–Kier alpha value is -1.73. The van der Waals surface area contributed by atoms with E-state index in [0.29, 0.717) is 0 Å². The standard InChI is InChI=1S/C15H18N3P/c1-16-10-4-7-13(16)19(14-8-5-11-17(14)2)15-9-6-12-18(15)3/h4-12H,1-3H3. The number of hydrogen-bond acceptors (Lipinski definition) is 0. The Morgan fingerprint density at radius 1 is 0.632 bits per heavy atom. The molecule has 0 aromatic carbocycles. The van der Waals surface area contributed by atoms with E-state index in [4.69, 9.17) is 0 Å². The molecule has 3 rings (SSSR count). The molecule has 0 radical (unpaired) electrons. The molecule has 3 nitrogen and oxygen atoms in total. The van der Waals surface area contributed by atoms with Gasteiger partial charge in [-0.2, -0.15) is 0 Å². The lowest BCUT2D eigenvalue weighted by molar-refractivity contribution is 0.942. The molecule has 0 fully saturated rings. The first kappa shape index (κ1) is 12.3. The second-order valence-electron chi connectivity index (χ2n) is 4.77. The summed E-state index contributed by atoms with van der Waals surface area (Å²) in [5.74, 6) is 0. The zero-order valence-corrected chi connectivity index (χ0v) is 12.4. The van der Waals surface area contributed by atoms with E-state index >= 15 is 0 Å². The third-order valence-electron chi connectivity index (χ3n) is 3.44. The lowest BCUT2D eigenvalue weighted by Gasteiger charge is -2.20. The lowest BCUT2D eigenvalue weighted by atomic mass is 10.7. The van der Waals surface area contributed by atoms with Gasteiger partial charge in [-0.25, -0.2) is 0 Å². The second-order valence-corrected chi connectivity index (χ2v) is 6.81. The quantitative estimate of drug-likeness (QED) is 0.641. The highest BCUT2D eigenvalue weighted by molar-refractivity contribution is 7.79. The van der Waals surface area contributed by atoms with Crippen molar-refractivity contribution < 1.29 is 0 Å². The largest absolute Gasteiger partial charge is 0.350 e. The third kappa shape index (κ3) is 2.04. The molecule has 0 saturated heterocycles. The average molecular weight is 271 g/mol. The molecular formula is C15H18N3P. The molecule has 4 heteroatoms. The molecular weight excluding hydrogens is 253 g/mol. The summed E-state index contributed by atoms with van der Waals surface area (Å²) in [6.45, 7) is 0. The molecule has 0 aliphatic rings. The van der Waals surface area contributed by atoms with E-state index < -0.39 is 7.92 Å². The van der Waals surface area contributed by atoms with Crippen molar-refractivity contribution >= 4 is 24.2 Å². The molecule has 98 valence electrons. The predicted molar refractivity (Wildman–Crippen MR) is 82.1 cm³/mol. The molecule has 3 aromatic heterocycles. The zero-order valence-electron chi connectivity index (χ0n) is 11.5. The Balaban J connectivity index is 2.20. The van der Waals surface area contributed by atoms with Crippen molar-refractivity contribution in [3.8, 4) is 0 Å². The van der Waals surface area contributed by atoms with E-state index in [1.807, 2.05) is 0 Å². The van der Waals surface area contributed by atoms with Crippen molar-refractivity contribution in [1.29, 1.82) is 0 Å². The van der Waals surface area contributed by atoms with E-state index in [1.54, 1.807) is 0 Å². The van der Waals surface area contributed by atoms with Gasteiger partial charge in [-0.1, -0.05) is 0 Å². The molecule has 3 aromatic rings. The maximum absolute atomic E-state index is 2.23. The van der Waals surface area contributed by atoms with Gasteiger partial charge in [0.2, 0.25) is 0 Å². The lowest BCUT2D eigenvalue weighted by Crippen LogP contribution is -2.30. The summed E-state index contributed by atoms with van der Waals surface area (Å²) in [6, 6.07) is 13.0. The van der Waals surface area contributed by atoms with Gasteiger partial charge in [0.1, 0.15) is 0 Å². The van der Waals surface area contributed by atoms with Crippen LogP contribution in [0, 0.1) is 0 Å². The van der Waals surface area contributed by atoms with Gasteiger partial charge >= 0.3 is 0 Å². The molecule has 0 spiro atoms. The van der Waals surface area contributed by atoms with Crippen molar-refractivity contribution in [2.75, 3.05) is 0 Å². The third-order valence-corrected chi connectivity index (χ3v) is 6.20. The molecule has 0 aliphatic carbocycles. The molecule has 0 unspecified atom stereocenters. The fourth-order valence-corrected chi connectivity index (χ4v) is 4.96. The van der Waals surface area contributed by atoms with Crippen LogP contribution >= 0.6 is 7.92 Å². The summed E-state index contributed by atoms with van der Waals surface area (Å²) < 4.78 is 6.68. The van der Waals surface area contributed by atoms with Crippen LogP contribution in [0.15, 0.2) is 55.0 Å². The van der Waals surface area contributed by atoms with Crippen LogP contribution in [-0.4, -0.2) is 13.7 Å². The van der Waals surface area contributed by atoms with Crippen LogP contribution in [0.4, 0.5) is 0 Å². The summed E-state index contributed by atoms with van der Waals surface area (Å²) in [4.78, 5) is 0. The Morgan fingerprint density at radius 2 is 0.947 bits per heavy atom. The summed E-state index contributed by atoms with van der Waals surface area (Å²) in [7, 11) is 5.86. The first-order valence-electron chi connectivity index (χ1n) is 6.32. The normalized spacial score (nSPS) is 11.4. The van der Waals surface area contributed by atoms with Gasteiger partial charge in [0.15, 0.2) is 0 Å². The SMILES string of the molecule is Cn1cccc1P(c1cccn1C)c1cccn1C. The summed E-state index contributed by atoms with van der Waals surface area (Å²) in [5, 5.41) is 0. The van der Waals surface area contributed by atoms with E-state index in [2.05, 4.69) is 89.8 Å². The monoisotopic (exact) mass is 271 g/mol. The minimum absolute atomic E-state index is 0.508. The van der Waals surface area contributed by atoms with Crippen molar-refractivity contribution in [3.63, 3.8) is 0 Å². The number of hydrogen-bond donors (Lipinski definition) is 0. The molecule has 0 atom stereocenters. The van der Waals surface area contributed by atoms with Crippen LogP contribution in [0.25, 0.3) is 0 Å². The highest BCUT2D eigenvalue weighted by atomic mass is 31.1. The Bertz CT molecular complexity index is 594. The number of nitrogens with zero attached hydrogens (tertiary/aromatic N) is 3. The van der Waals surface area contributed by atoms with Gasteiger partial charge in [0.25, 0.3) is 0 Å². The van der Waals surface area contributed by atoms with Crippen molar-refractivity contribution in [2.24, 2.45) is 21.1 Å². The van der Waals surface area contributed by atoms with E-state index in [0.717, 1.165) is 0 Å². The van der Waals surface area contributed by atoms with Crippen LogP contribution in [0.3, 0.4) is 0 Å². The molecule has 0 bridgehead atoms. The van der Waals surface area contributed by atoms with E-state index in [1.165, 1.54) is 16.3 Å². The highest BCUT2D eigenvalue weighted by Gasteiger charge is 2.22. The number of aryl methyl sites for hydroxylation is 3. The van der Waals surface area contributed by atoms with E-state index in [9.17, 15) is 0 Å². The highest BCUT2D eigenvalue weighted by Crippen LogP contribution is 2.32. The molecule has 0 amide bonds.